The Labute approximate surface area is 262 Å². The van der Waals surface area contributed by atoms with Crippen molar-refractivity contribution in [3.05, 3.63) is 34.4 Å². The molecule has 0 bridgehead atoms. The lowest BCUT2D eigenvalue weighted by molar-refractivity contribution is 0.112. The molecule has 4 aromatic rings. The maximum atomic E-state index is 17.1. The minimum Gasteiger partial charge on any atom is -0.489 e. The lowest BCUT2D eigenvalue weighted by atomic mass is 9.96. The van der Waals surface area contributed by atoms with E-state index in [1.807, 2.05) is 6.92 Å². The van der Waals surface area contributed by atoms with Crippen LogP contribution in [0.5, 0.6) is 11.8 Å². The van der Waals surface area contributed by atoms with Crippen molar-refractivity contribution in [2.45, 2.75) is 50.8 Å². The Balaban J connectivity index is 1.48. The van der Waals surface area contributed by atoms with Crippen LogP contribution >= 0.6 is 22.9 Å². The Bertz CT molecular complexity index is 1820. The van der Waals surface area contributed by atoms with Crippen LogP contribution in [0.3, 0.4) is 0 Å². The van der Waals surface area contributed by atoms with Gasteiger partial charge in [-0.3, -0.25) is 4.90 Å². The average Bonchev–Trinajstić information content (AvgIpc) is 3.54. The molecule has 2 saturated heterocycles. The first-order valence-electron chi connectivity index (χ1n) is 14.9. The van der Waals surface area contributed by atoms with E-state index in [0.29, 0.717) is 17.7 Å². The van der Waals surface area contributed by atoms with Crippen molar-refractivity contribution in [1.29, 1.82) is 5.26 Å². The summed E-state index contributed by atoms with van der Waals surface area (Å²) in [5.74, 6) is -0.521. The molecule has 0 saturated carbocycles. The quantitative estimate of drug-likeness (QED) is 0.284. The first-order valence-corrected chi connectivity index (χ1v) is 16.1. The number of thiophene rings is 1. The number of rotatable bonds is 5. The number of nitrogens with zero attached hydrogens (tertiary/aromatic N) is 5. The van der Waals surface area contributed by atoms with Crippen LogP contribution in [-0.4, -0.2) is 72.9 Å². The summed E-state index contributed by atoms with van der Waals surface area (Å²) in [7, 11) is 2.07. The Morgan fingerprint density at radius 1 is 1.20 bits per heavy atom. The number of nitrogens with two attached hydrogens (primary N) is 1. The van der Waals surface area contributed by atoms with E-state index in [-0.39, 0.29) is 78.9 Å². The summed E-state index contributed by atoms with van der Waals surface area (Å²) in [6.45, 7) is 5.48. The van der Waals surface area contributed by atoms with Gasteiger partial charge in [-0.2, -0.15) is 15.2 Å². The highest BCUT2D eigenvalue weighted by molar-refractivity contribution is 7.23. The monoisotopic (exact) mass is 639 g/mol. The van der Waals surface area contributed by atoms with Crippen molar-refractivity contribution in [2.24, 2.45) is 0 Å². The van der Waals surface area contributed by atoms with Gasteiger partial charge < -0.3 is 25.4 Å². The number of fused-ring (bicyclic) bond motifs is 1. The fourth-order valence-electron chi connectivity index (χ4n) is 6.98. The fraction of sp³-hybridized carbons (Fsp3) is 0.452. The normalized spacial score (nSPS) is 20.1. The SMILES string of the molecule is C[C@H](Oc1nc2c3c(c(Cl)c(-c4ccc(F)c5sc(N)c(C#N)c45)c(F)c3n1)OCCN2C1CCNCC1)[C@@H]1CCCN1C. The molecule has 13 heteroatoms. The third-order valence-corrected chi connectivity index (χ3v) is 10.5. The largest absolute Gasteiger partial charge is 0.489 e. The molecule has 2 aromatic carbocycles. The van der Waals surface area contributed by atoms with Crippen molar-refractivity contribution >= 4 is 54.7 Å². The Morgan fingerprint density at radius 2 is 2.00 bits per heavy atom. The molecule has 3 aliphatic heterocycles. The number of aromatic nitrogens is 2. The third-order valence-electron chi connectivity index (χ3n) is 9.15. The van der Waals surface area contributed by atoms with Gasteiger partial charge in [0.25, 0.3) is 0 Å². The van der Waals surface area contributed by atoms with Crippen molar-refractivity contribution in [3.63, 3.8) is 0 Å². The number of ether oxygens (including phenoxy) is 2. The summed E-state index contributed by atoms with van der Waals surface area (Å²) in [5.41, 5.74) is 6.35. The zero-order valence-electron chi connectivity index (χ0n) is 24.4. The van der Waals surface area contributed by atoms with E-state index in [9.17, 15) is 9.65 Å². The molecule has 0 unspecified atom stereocenters. The van der Waals surface area contributed by atoms with Crippen LogP contribution in [-0.2, 0) is 0 Å². The van der Waals surface area contributed by atoms with E-state index < -0.39 is 11.6 Å². The lowest BCUT2D eigenvalue weighted by Crippen LogP contribution is -2.45. The van der Waals surface area contributed by atoms with E-state index in [0.717, 1.165) is 56.7 Å². The van der Waals surface area contributed by atoms with Gasteiger partial charge in [-0.05, 0) is 70.9 Å². The molecule has 230 valence electrons. The van der Waals surface area contributed by atoms with Crippen molar-refractivity contribution in [2.75, 3.05) is 50.5 Å². The minimum absolute atomic E-state index is 0.00296. The van der Waals surface area contributed by atoms with Crippen molar-refractivity contribution in [1.82, 2.24) is 20.2 Å². The van der Waals surface area contributed by atoms with E-state index in [1.54, 1.807) is 0 Å². The van der Waals surface area contributed by atoms with Gasteiger partial charge in [0.15, 0.2) is 11.6 Å². The molecule has 2 fully saturated rings. The van der Waals surface area contributed by atoms with Crippen molar-refractivity contribution in [3.8, 4) is 29.0 Å². The number of benzene rings is 2. The molecule has 3 aliphatic rings. The summed E-state index contributed by atoms with van der Waals surface area (Å²) in [6, 6.07) is 5.11. The standard InChI is InChI=1S/C31H32ClF2N7O2S/c1-15(20-4-3-11-40(20)2)43-31-38-26-23-27(42-13-12-41(30(23)39-31)16-7-9-37-10-8-16)24(32)22(25(26)34)17-5-6-19(33)28-21(17)18(14-35)29(36)44-28/h5-6,15-16,20,37H,3-4,7-13,36H2,1-2H3/t15-,20-/m0/s1. The molecule has 3 N–H and O–H groups in total. The number of likely N-dealkylation sites (tertiary alicyclic amines) is 1. The highest BCUT2D eigenvalue weighted by Gasteiger charge is 2.35. The van der Waals surface area contributed by atoms with Gasteiger partial charge in [0, 0.05) is 23.0 Å². The summed E-state index contributed by atoms with van der Waals surface area (Å²) < 4.78 is 44.8. The second-order valence-electron chi connectivity index (χ2n) is 11.7. The molecule has 0 radical (unpaired) electrons. The zero-order valence-corrected chi connectivity index (χ0v) is 26.0. The number of nitriles is 1. The van der Waals surface area contributed by atoms with Crippen LogP contribution in [0.25, 0.3) is 32.1 Å². The maximum absolute atomic E-state index is 17.1. The van der Waals surface area contributed by atoms with E-state index in [4.69, 9.17) is 31.8 Å². The summed E-state index contributed by atoms with van der Waals surface area (Å²) in [5, 5.41) is 14.0. The number of halogens is 3. The number of nitrogens with one attached hydrogen (secondary N) is 1. The number of anilines is 2. The number of hydrogen-bond acceptors (Lipinski definition) is 10. The highest BCUT2D eigenvalue weighted by atomic mass is 35.5. The van der Waals surface area contributed by atoms with Crippen LogP contribution in [0.1, 0.15) is 38.2 Å². The maximum Gasteiger partial charge on any atom is 0.319 e. The summed E-state index contributed by atoms with van der Waals surface area (Å²) in [4.78, 5) is 14.0. The Morgan fingerprint density at radius 3 is 2.73 bits per heavy atom. The smallest absolute Gasteiger partial charge is 0.319 e. The van der Waals surface area contributed by atoms with Gasteiger partial charge in [-0.15, -0.1) is 11.3 Å². The predicted molar refractivity (Wildman–Crippen MR) is 169 cm³/mol. The van der Waals surface area contributed by atoms with Gasteiger partial charge in [0.2, 0.25) is 0 Å². The number of piperidine rings is 1. The van der Waals surface area contributed by atoms with Crippen LogP contribution in [0.4, 0.5) is 19.6 Å². The molecule has 7 rings (SSSR count). The van der Waals surface area contributed by atoms with Crippen molar-refractivity contribution < 1.29 is 18.3 Å². The molecule has 0 aliphatic carbocycles. The van der Waals surface area contributed by atoms with Gasteiger partial charge >= 0.3 is 6.01 Å². The predicted octanol–water partition coefficient (Wildman–Crippen LogP) is 5.71. The van der Waals surface area contributed by atoms with Crippen LogP contribution < -0.4 is 25.4 Å². The topological polar surface area (TPSA) is 113 Å². The second-order valence-corrected chi connectivity index (χ2v) is 13.1. The second kappa shape index (κ2) is 11.5. The van der Waals surface area contributed by atoms with Gasteiger partial charge in [-0.1, -0.05) is 17.7 Å². The molecule has 0 spiro atoms. The van der Waals surface area contributed by atoms with E-state index >= 15 is 4.39 Å². The summed E-state index contributed by atoms with van der Waals surface area (Å²) >= 11 is 7.96. The molecular weight excluding hydrogens is 608 g/mol. The van der Waals surface area contributed by atoms with E-state index in [1.165, 1.54) is 12.1 Å². The first-order chi connectivity index (χ1) is 21.3. The molecule has 5 heterocycles. The van der Waals surface area contributed by atoms with Gasteiger partial charge in [-0.25, -0.2) is 8.78 Å². The van der Waals surface area contributed by atoms with E-state index in [2.05, 4.69) is 33.2 Å². The minimum atomic E-state index is -0.731. The lowest BCUT2D eigenvalue weighted by Gasteiger charge is -2.35. The highest BCUT2D eigenvalue weighted by Crippen LogP contribution is 2.51. The van der Waals surface area contributed by atoms with Gasteiger partial charge in [0.1, 0.15) is 40.9 Å². The van der Waals surface area contributed by atoms with Crippen LogP contribution in [0.15, 0.2) is 12.1 Å². The van der Waals surface area contributed by atoms with Crippen LogP contribution in [0.2, 0.25) is 5.02 Å². The molecule has 2 atom stereocenters. The molecule has 9 nitrogen and oxygen atoms in total. The van der Waals surface area contributed by atoms with Gasteiger partial charge in [0.05, 0.1) is 27.2 Å². The molecule has 0 amide bonds. The fourth-order valence-corrected chi connectivity index (χ4v) is 8.26. The summed E-state index contributed by atoms with van der Waals surface area (Å²) in [6.07, 6.45) is 3.59. The average molecular weight is 640 g/mol. The first kappa shape index (κ1) is 29.2. The molecule has 2 aromatic heterocycles. The third kappa shape index (κ3) is 4.68. The zero-order chi connectivity index (χ0) is 30.7. The number of hydrogen-bond donors (Lipinski definition) is 2. The molecule has 44 heavy (non-hydrogen) atoms. The Kier molecular flexibility index (Phi) is 7.61. The number of likely N-dealkylation sites (N-methyl/N-ethyl adjacent to an activating group) is 1. The Hall–Kier alpha value is -3.50. The number of nitrogen functional groups attached to an aromatic ring is 1. The molecular formula is C31H32ClF2N7O2S. The van der Waals surface area contributed by atoms with Crippen LogP contribution in [0, 0.1) is 23.0 Å².